The van der Waals surface area contributed by atoms with Crippen LogP contribution in [0.5, 0.6) is 5.75 Å². The topological polar surface area (TPSA) is 50.9 Å². The quantitative estimate of drug-likeness (QED) is 0.154. The van der Waals surface area contributed by atoms with E-state index >= 15 is 4.39 Å². The summed E-state index contributed by atoms with van der Waals surface area (Å²) < 4.78 is 20.4. The van der Waals surface area contributed by atoms with Crippen LogP contribution in [-0.4, -0.2) is 19.6 Å². The fraction of sp³-hybridized carbons (Fsp3) is 0.310. The summed E-state index contributed by atoms with van der Waals surface area (Å²) in [4.78, 5) is 10.6. The fourth-order valence-corrected chi connectivity index (χ4v) is 9.59. The van der Waals surface area contributed by atoms with Crippen LogP contribution in [0.3, 0.4) is 0 Å². The zero-order valence-corrected chi connectivity index (χ0v) is 40.9. The first kappa shape index (κ1) is 45.2. The van der Waals surface area contributed by atoms with E-state index in [1.165, 1.54) is 0 Å². The summed E-state index contributed by atoms with van der Waals surface area (Å²) in [5.74, 6) is 1.10. The van der Waals surface area contributed by atoms with E-state index < -0.39 is 5.67 Å². The van der Waals surface area contributed by atoms with E-state index in [2.05, 4.69) is 158 Å². The largest absolute Gasteiger partial charge is 0.507 e. The fourth-order valence-electron chi connectivity index (χ4n) is 9.59. The third-order valence-corrected chi connectivity index (χ3v) is 13.5. The summed E-state index contributed by atoms with van der Waals surface area (Å²) in [6.45, 7) is 20.1. The molecule has 330 valence electrons. The van der Waals surface area contributed by atoms with Crippen molar-refractivity contribution in [2.45, 2.75) is 111 Å². The van der Waals surface area contributed by atoms with Crippen molar-refractivity contribution in [3.63, 3.8) is 0 Å². The zero-order chi connectivity index (χ0) is 44.4. The Hall–Kier alpha value is -5.38. The average molecular weight is 1030 g/mol. The second kappa shape index (κ2) is 17.2. The van der Waals surface area contributed by atoms with Crippen LogP contribution in [0.4, 0.5) is 4.39 Å². The van der Waals surface area contributed by atoms with E-state index in [1.54, 1.807) is 6.07 Å². The molecule has 0 amide bonds. The van der Waals surface area contributed by atoms with Crippen LogP contribution in [0.25, 0.3) is 72.4 Å². The number of halogens is 1. The smallest absolute Gasteiger partial charge is 0.149 e. The Morgan fingerprint density at radius 1 is 0.719 bits per heavy atom. The summed E-state index contributed by atoms with van der Waals surface area (Å²) in [5.41, 5.74) is 11.1. The average Bonchev–Trinajstić information content (AvgIpc) is 3.65. The predicted molar refractivity (Wildman–Crippen MR) is 261 cm³/mol. The number of fused-ring (bicyclic) bond motifs is 2. The Morgan fingerprint density at radius 3 is 2.05 bits per heavy atom. The van der Waals surface area contributed by atoms with Gasteiger partial charge in [0, 0.05) is 33.0 Å². The first-order valence-corrected chi connectivity index (χ1v) is 22.7. The Morgan fingerprint density at radius 2 is 1.38 bits per heavy atom. The van der Waals surface area contributed by atoms with Crippen molar-refractivity contribution in [3.05, 3.63) is 156 Å². The van der Waals surface area contributed by atoms with Crippen molar-refractivity contribution in [2.75, 3.05) is 0 Å². The maximum absolute atomic E-state index is 18.2. The van der Waals surface area contributed by atoms with E-state index in [0.717, 1.165) is 90.5 Å². The van der Waals surface area contributed by atoms with Crippen molar-refractivity contribution >= 4 is 21.8 Å². The summed E-state index contributed by atoms with van der Waals surface area (Å²) >= 11 is 0. The van der Waals surface area contributed by atoms with Gasteiger partial charge in [-0.05, 0) is 105 Å². The molecule has 2 heterocycles. The molecule has 1 N–H and O–H groups in total. The molecule has 0 spiro atoms. The standard InChI is InChI=1S/C58H59FN3O.Pt/c1-36(2)45-20-15-21-46(37(3)4)54(45)62-50-35-44(58(59)27-25-57(8,9)26-28-58)34-48(53(50)61-55(62)52-47-19-14-13-18-39(47)22-23-51(52)63)41-30-42(32-43(31-41)56(5,6)7)49-33-40(24-29-60-49)38-16-11-10-12-17-38;/h10-24,29,31-37,63H,25-28H2,1-9H3;/q-1;. The number of benzene rings is 6. The summed E-state index contributed by atoms with van der Waals surface area (Å²) in [5, 5.41) is 13.9. The Bertz CT molecular complexity index is 2970. The van der Waals surface area contributed by atoms with Gasteiger partial charge < -0.3 is 5.11 Å². The first-order chi connectivity index (χ1) is 30.0. The van der Waals surface area contributed by atoms with Crippen molar-refractivity contribution in [1.29, 1.82) is 0 Å². The monoisotopic (exact) mass is 1030 g/mol. The molecule has 0 atom stereocenters. The molecule has 64 heavy (non-hydrogen) atoms. The van der Waals surface area contributed by atoms with Gasteiger partial charge in [0.15, 0.2) is 0 Å². The van der Waals surface area contributed by atoms with Crippen LogP contribution >= 0.6 is 0 Å². The number of para-hydroxylation sites is 1. The van der Waals surface area contributed by atoms with Crippen molar-refractivity contribution in [3.8, 4) is 56.3 Å². The number of phenols is 1. The van der Waals surface area contributed by atoms with E-state index in [1.807, 2.05) is 36.5 Å². The minimum absolute atomic E-state index is 0. The molecule has 6 heteroatoms. The van der Waals surface area contributed by atoms with Gasteiger partial charge in [0.25, 0.3) is 0 Å². The minimum Gasteiger partial charge on any atom is -0.507 e. The molecule has 1 aliphatic rings. The van der Waals surface area contributed by atoms with Gasteiger partial charge in [-0.15, -0.1) is 29.3 Å². The molecule has 2 aromatic heterocycles. The molecule has 1 saturated carbocycles. The molecule has 0 unspecified atom stereocenters. The minimum atomic E-state index is -1.55. The van der Waals surface area contributed by atoms with Gasteiger partial charge in [0.1, 0.15) is 17.2 Å². The Labute approximate surface area is 393 Å². The second-order valence-electron chi connectivity index (χ2n) is 20.3. The molecule has 0 saturated heterocycles. The Kier molecular flexibility index (Phi) is 12.1. The van der Waals surface area contributed by atoms with Gasteiger partial charge in [-0.1, -0.05) is 164 Å². The van der Waals surface area contributed by atoms with E-state index in [9.17, 15) is 5.11 Å². The first-order valence-electron chi connectivity index (χ1n) is 22.7. The van der Waals surface area contributed by atoms with Gasteiger partial charge in [0.05, 0.1) is 22.3 Å². The van der Waals surface area contributed by atoms with Crippen LogP contribution in [0.2, 0.25) is 0 Å². The van der Waals surface area contributed by atoms with Crippen LogP contribution in [-0.2, 0) is 32.1 Å². The summed E-state index contributed by atoms with van der Waals surface area (Å²) in [6.07, 6.45) is 4.32. The molecule has 4 nitrogen and oxygen atoms in total. The molecular weight excluding hydrogens is 969 g/mol. The third-order valence-electron chi connectivity index (χ3n) is 13.5. The van der Waals surface area contributed by atoms with E-state index in [0.29, 0.717) is 29.8 Å². The number of aromatic hydroxyl groups is 1. The third kappa shape index (κ3) is 8.37. The second-order valence-corrected chi connectivity index (χ2v) is 20.3. The number of rotatable bonds is 8. The number of hydrogen-bond donors (Lipinski definition) is 1. The molecule has 1 aliphatic carbocycles. The van der Waals surface area contributed by atoms with Crippen molar-refractivity contribution in [2.24, 2.45) is 5.41 Å². The molecule has 9 rings (SSSR count). The van der Waals surface area contributed by atoms with E-state index in [-0.39, 0.29) is 49.5 Å². The number of hydrogen-bond acceptors (Lipinski definition) is 3. The molecule has 1 fully saturated rings. The van der Waals surface area contributed by atoms with Crippen LogP contribution < -0.4 is 0 Å². The molecule has 6 aromatic carbocycles. The number of imidazole rings is 1. The van der Waals surface area contributed by atoms with Gasteiger partial charge in [-0.2, -0.15) is 0 Å². The van der Waals surface area contributed by atoms with Gasteiger partial charge in [0.2, 0.25) is 0 Å². The van der Waals surface area contributed by atoms with Crippen molar-refractivity contribution in [1.82, 2.24) is 14.5 Å². The van der Waals surface area contributed by atoms with E-state index in [4.69, 9.17) is 9.97 Å². The van der Waals surface area contributed by atoms with Crippen LogP contribution in [0, 0.1) is 11.5 Å². The summed E-state index contributed by atoms with van der Waals surface area (Å²) in [6, 6.07) is 45.4. The van der Waals surface area contributed by atoms with Crippen LogP contribution in [0.1, 0.15) is 122 Å². The summed E-state index contributed by atoms with van der Waals surface area (Å²) in [7, 11) is 0. The maximum atomic E-state index is 18.2. The molecular formula is C58H59FN3OPt-. The Balaban J connectivity index is 0.00000560. The number of aromatic nitrogens is 3. The molecule has 8 aromatic rings. The SMILES string of the molecule is CC(C)c1cccc(C(C)C)c1-n1c(-c2c(O)ccc3ccccc23)nc2c(-c3[c-]c(-c4cc(-c5ccccc5)ccn4)cc(C(C)(C)C)c3)cc(C3(F)CCC(C)(C)CC3)cc21.[Pt]. The van der Waals surface area contributed by atoms with Crippen molar-refractivity contribution < 1.29 is 30.6 Å². The number of pyridine rings is 1. The normalized spacial score (nSPS) is 14.9. The van der Waals surface area contributed by atoms with Crippen LogP contribution in [0.15, 0.2) is 128 Å². The van der Waals surface area contributed by atoms with Gasteiger partial charge in [-0.3, -0.25) is 9.55 Å². The maximum Gasteiger partial charge on any atom is 0.149 e. The zero-order valence-electron chi connectivity index (χ0n) is 38.6. The molecule has 0 bridgehead atoms. The van der Waals surface area contributed by atoms with Gasteiger partial charge >= 0.3 is 0 Å². The van der Waals surface area contributed by atoms with Gasteiger partial charge in [-0.25, -0.2) is 9.37 Å². The number of alkyl halides is 1. The molecule has 0 aliphatic heterocycles. The molecule has 0 radical (unpaired) electrons. The number of nitrogens with zero attached hydrogens (tertiary/aromatic N) is 3. The predicted octanol–water partition coefficient (Wildman–Crippen LogP) is 16.1. The number of phenolic OH excluding ortho intramolecular Hbond substituents is 1.